The van der Waals surface area contributed by atoms with Gasteiger partial charge in [0.1, 0.15) is 35.4 Å². The smallest absolute Gasteiger partial charge is 0.271 e. The fourth-order valence-corrected chi connectivity index (χ4v) is 2.49. The van der Waals surface area contributed by atoms with E-state index in [2.05, 4.69) is 20.6 Å². The summed E-state index contributed by atoms with van der Waals surface area (Å²) in [6.07, 6.45) is 2.91. The van der Waals surface area contributed by atoms with Crippen LogP contribution in [0.1, 0.15) is 10.5 Å². The number of hydrogen-bond acceptors (Lipinski definition) is 7. The molecule has 2 aromatic carbocycles. The van der Waals surface area contributed by atoms with Crippen molar-refractivity contribution in [2.45, 2.75) is 0 Å². The number of ether oxygens (including phenoxy) is 3. The summed E-state index contributed by atoms with van der Waals surface area (Å²) in [7, 11) is 3.20. The van der Waals surface area contributed by atoms with Crippen molar-refractivity contribution in [1.82, 2.24) is 15.3 Å². The number of para-hydroxylation sites is 2. The van der Waals surface area contributed by atoms with E-state index >= 15 is 0 Å². The van der Waals surface area contributed by atoms with Crippen molar-refractivity contribution in [2.75, 3.05) is 32.7 Å². The molecule has 150 valence electrons. The van der Waals surface area contributed by atoms with Gasteiger partial charge in [0, 0.05) is 0 Å². The van der Waals surface area contributed by atoms with E-state index in [1.165, 1.54) is 12.4 Å². The monoisotopic (exact) mass is 394 g/mol. The number of hydrogen-bond donors (Lipinski definition) is 2. The van der Waals surface area contributed by atoms with Gasteiger partial charge in [-0.25, -0.2) is 9.97 Å². The Hall–Kier alpha value is -3.81. The van der Waals surface area contributed by atoms with Crippen molar-refractivity contribution in [1.29, 1.82) is 0 Å². The lowest BCUT2D eigenvalue weighted by atomic mass is 10.3. The number of anilines is 2. The summed E-state index contributed by atoms with van der Waals surface area (Å²) < 4.78 is 15.9. The summed E-state index contributed by atoms with van der Waals surface area (Å²) in [5, 5.41) is 5.86. The third kappa shape index (κ3) is 5.58. The molecule has 0 radical (unpaired) electrons. The zero-order valence-corrected chi connectivity index (χ0v) is 16.2. The number of aromatic nitrogens is 2. The minimum absolute atomic E-state index is 0.222. The molecule has 1 aromatic heterocycles. The molecule has 0 fully saturated rings. The van der Waals surface area contributed by atoms with E-state index in [4.69, 9.17) is 14.2 Å². The lowest BCUT2D eigenvalue weighted by molar-refractivity contribution is 0.0941. The standard InChI is InChI=1S/C21H22N4O4/c1-27-15-7-9-16(10-8-15)29-12-11-22-21(26)18-13-24-20(14-23-18)25-17-5-3-4-6-19(17)28-2/h3-10,13-14H,11-12H2,1-2H3,(H,22,26)(H,24,25). The molecule has 0 spiro atoms. The molecule has 0 unspecified atom stereocenters. The van der Waals surface area contributed by atoms with E-state index in [9.17, 15) is 4.79 Å². The van der Waals surface area contributed by atoms with Gasteiger partial charge in [-0.05, 0) is 36.4 Å². The van der Waals surface area contributed by atoms with Gasteiger partial charge in [-0.15, -0.1) is 0 Å². The van der Waals surface area contributed by atoms with Crippen molar-refractivity contribution >= 4 is 17.4 Å². The second kappa shape index (κ2) is 9.93. The quantitative estimate of drug-likeness (QED) is 0.539. The number of benzene rings is 2. The van der Waals surface area contributed by atoms with Gasteiger partial charge in [-0.1, -0.05) is 12.1 Å². The highest BCUT2D eigenvalue weighted by atomic mass is 16.5. The lowest BCUT2D eigenvalue weighted by Gasteiger charge is -2.10. The Labute approximate surface area is 168 Å². The normalized spacial score (nSPS) is 10.1. The van der Waals surface area contributed by atoms with Crippen LogP contribution in [-0.2, 0) is 0 Å². The third-order valence-corrected chi connectivity index (χ3v) is 3.97. The van der Waals surface area contributed by atoms with Gasteiger partial charge in [0.25, 0.3) is 5.91 Å². The van der Waals surface area contributed by atoms with E-state index in [1.54, 1.807) is 26.4 Å². The summed E-state index contributed by atoms with van der Waals surface area (Å²) in [6, 6.07) is 14.7. The molecule has 0 saturated carbocycles. The molecule has 0 saturated heterocycles. The predicted molar refractivity (Wildman–Crippen MR) is 109 cm³/mol. The molecule has 1 amide bonds. The molecule has 0 bridgehead atoms. The Morgan fingerprint density at radius 2 is 1.69 bits per heavy atom. The molecule has 3 aromatic rings. The molecule has 29 heavy (non-hydrogen) atoms. The van der Waals surface area contributed by atoms with Crippen LogP contribution in [0.5, 0.6) is 17.2 Å². The maximum atomic E-state index is 12.2. The highest BCUT2D eigenvalue weighted by Crippen LogP contribution is 2.25. The zero-order chi connectivity index (χ0) is 20.5. The van der Waals surface area contributed by atoms with Crippen LogP contribution in [0.4, 0.5) is 11.5 Å². The van der Waals surface area contributed by atoms with Crippen LogP contribution in [0.15, 0.2) is 60.9 Å². The molecule has 8 heteroatoms. The summed E-state index contributed by atoms with van der Waals surface area (Å²) in [4.78, 5) is 20.6. The average molecular weight is 394 g/mol. The van der Waals surface area contributed by atoms with Gasteiger partial charge in [0.15, 0.2) is 0 Å². The van der Waals surface area contributed by atoms with E-state index in [1.807, 2.05) is 36.4 Å². The minimum atomic E-state index is -0.320. The average Bonchev–Trinajstić information content (AvgIpc) is 2.78. The Balaban J connectivity index is 1.47. The fraction of sp³-hybridized carbons (Fsp3) is 0.190. The minimum Gasteiger partial charge on any atom is -0.497 e. The van der Waals surface area contributed by atoms with Gasteiger partial charge in [-0.2, -0.15) is 0 Å². The number of carbonyl (C=O) groups excluding carboxylic acids is 1. The number of amides is 1. The van der Waals surface area contributed by atoms with Crippen LogP contribution in [0, 0.1) is 0 Å². The molecular weight excluding hydrogens is 372 g/mol. The topological polar surface area (TPSA) is 94.6 Å². The van der Waals surface area contributed by atoms with Gasteiger partial charge in [0.2, 0.25) is 0 Å². The largest absolute Gasteiger partial charge is 0.497 e. The third-order valence-electron chi connectivity index (χ3n) is 3.97. The number of carbonyl (C=O) groups is 1. The van der Waals surface area contributed by atoms with E-state index in [0.717, 1.165) is 11.4 Å². The van der Waals surface area contributed by atoms with Crippen LogP contribution >= 0.6 is 0 Å². The number of nitrogens with one attached hydrogen (secondary N) is 2. The fourth-order valence-electron chi connectivity index (χ4n) is 2.49. The summed E-state index contributed by atoms with van der Waals surface area (Å²) >= 11 is 0. The number of nitrogens with zero attached hydrogens (tertiary/aromatic N) is 2. The van der Waals surface area contributed by atoms with E-state index in [-0.39, 0.29) is 11.6 Å². The molecule has 1 heterocycles. The van der Waals surface area contributed by atoms with Crippen LogP contribution in [-0.4, -0.2) is 43.2 Å². The highest BCUT2D eigenvalue weighted by Gasteiger charge is 2.09. The SMILES string of the molecule is COc1ccc(OCCNC(=O)c2cnc(Nc3ccccc3OC)cn2)cc1. The molecule has 8 nitrogen and oxygen atoms in total. The van der Waals surface area contributed by atoms with Crippen molar-refractivity contribution < 1.29 is 19.0 Å². The van der Waals surface area contributed by atoms with Crippen molar-refractivity contribution in [3.8, 4) is 17.2 Å². The summed E-state index contributed by atoms with van der Waals surface area (Å²) in [5.74, 6) is 2.33. The van der Waals surface area contributed by atoms with Gasteiger partial charge < -0.3 is 24.8 Å². The van der Waals surface area contributed by atoms with Crippen LogP contribution < -0.4 is 24.8 Å². The molecule has 3 rings (SSSR count). The number of rotatable bonds is 9. The second-order valence-corrected chi connectivity index (χ2v) is 5.89. The van der Waals surface area contributed by atoms with Crippen LogP contribution in [0.3, 0.4) is 0 Å². The first-order chi connectivity index (χ1) is 14.2. The van der Waals surface area contributed by atoms with Gasteiger partial charge in [0.05, 0.1) is 38.8 Å². The predicted octanol–water partition coefficient (Wildman–Crippen LogP) is 3.05. The van der Waals surface area contributed by atoms with E-state index < -0.39 is 0 Å². The maximum Gasteiger partial charge on any atom is 0.271 e. The Morgan fingerprint density at radius 1 is 0.931 bits per heavy atom. The van der Waals surface area contributed by atoms with E-state index in [0.29, 0.717) is 30.5 Å². The lowest BCUT2D eigenvalue weighted by Crippen LogP contribution is -2.28. The van der Waals surface area contributed by atoms with Crippen LogP contribution in [0.2, 0.25) is 0 Å². The van der Waals surface area contributed by atoms with Crippen LogP contribution in [0.25, 0.3) is 0 Å². The highest BCUT2D eigenvalue weighted by molar-refractivity contribution is 5.92. The molecule has 0 aliphatic carbocycles. The zero-order valence-electron chi connectivity index (χ0n) is 16.2. The van der Waals surface area contributed by atoms with Crippen molar-refractivity contribution in [3.05, 3.63) is 66.6 Å². The Bertz CT molecular complexity index is 930. The Morgan fingerprint density at radius 3 is 2.38 bits per heavy atom. The molecule has 0 aliphatic heterocycles. The number of methoxy groups -OCH3 is 2. The molecular formula is C21H22N4O4. The second-order valence-electron chi connectivity index (χ2n) is 5.89. The van der Waals surface area contributed by atoms with Crippen molar-refractivity contribution in [3.63, 3.8) is 0 Å². The van der Waals surface area contributed by atoms with Gasteiger partial charge >= 0.3 is 0 Å². The Kier molecular flexibility index (Phi) is 6.83. The first-order valence-electron chi connectivity index (χ1n) is 8.96. The first-order valence-corrected chi connectivity index (χ1v) is 8.96. The van der Waals surface area contributed by atoms with Crippen molar-refractivity contribution in [2.24, 2.45) is 0 Å². The molecule has 0 atom stereocenters. The molecule has 0 aliphatic rings. The summed E-state index contributed by atoms with van der Waals surface area (Å²) in [6.45, 7) is 0.673. The molecule has 2 N–H and O–H groups in total. The maximum absolute atomic E-state index is 12.2. The summed E-state index contributed by atoms with van der Waals surface area (Å²) in [5.41, 5.74) is 0.984. The van der Waals surface area contributed by atoms with Gasteiger partial charge in [-0.3, -0.25) is 4.79 Å². The first kappa shape index (κ1) is 19.9.